The average molecular weight is 442 g/mol. The highest BCUT2D eigenvalue weighted by molar-refractivity contribution is 14.1. The summed E-state index contributed by atoms with van der Waals surface area (Å²) in [6.45, 7) is 0. The minimum absolute atomic E-state index is 0.749. The number of aryl methyl sites for hydroxylation is 1. The molecule has 1 saturated carbocycles. The first-order valence-corrected chi connectivity index (χ1v) is 11.4. The van der Waals surface area contributed by atoms with Crippen LogP contribution in [-0.4, -0.2) is 3.92 Å². The summed E-state index contributed by atoms with van der Waals surface area (Å²) in [6, 6.07) is 9.05. The molecule has 5 rings (SSSR count). The van der Waals surface area contributed by atoms with Gasteiger partial charge in [0.25, 0.3) is 0 Å². The number of allylic oxidation sites excluding steroid dienone is 6. The van der Waals surface area contributed by atoms with Gasteiger partial charge >= 0.3 is 0 Å². The van der Waals surface area contributed by atoms with E-state index in [0.29, 0.717) is 0 Å². The molecule has 4 aliphatic rings. The number of rotatable bonds is 1. The van der Waals surface area contributed by atoms with Gasteiger partial charge in [-0.1, -0.05) is 65.1 Å². The molecule has 3 unspecified atom stereocenters. The highest BCUT2D eigenvalue weighted by Gasteiger charge is 2.33. The molecule has 0 aromatic heterocycles. The van der Waals surface area contributed by atoms with Gasteiger partial charge in [0, 0.05) is 3.92 Å². The summed E-state index contributed by atoms with van der Waals surface area (Å²) < 4.78 is 0.926. The molecular formula is C24H27I. The van der Waals surface area contributed by atoms with Gasteiger partial charge in [-0.05, 0) is 97.0 Å². The lowest BCUT2D eigenvalue weighted by Gasteiger charge is -2.38. The standard InChI is InChI=1S/C24H27I/c25-22-11-9-18-13-17(6-7-20(18)15-22)19-10-12-24-21(14-19)8-5-16-3-1-2-4-23(16)24/h1-4,10,12-13,18,20-22H,5-9,11,14-15H2/t18-,20?,21?,22?/m0/s1. The van der Waals surface area contributed by atoms with Crippen molar-refractivity contribution in [3.63, 3.8) is 0 Å². The third-order valence-electron chi connectivity index (χ3n) is 7.05. The molecule has 1 aromatic carbocycles. The number of benzene rings is 1. The number of halogens is 1. The molecule has 4 atom stereocenters. The molecule has 130 valence electrons. The zero-order valence-electron chi connectivity index (χ0n) is 14.9. The Kier molecular flexibility index (Phi) is 4.39. The van der Waals surface area contributed by atoms with E-state index in [1.807, 2.05) is 0 Å². The van der Waals surface area contributed by atoms with Gasteiger partial charge in [-0.15, -0.1) is 0 Å². The maximum absolute atomic E-state index is 2.69. The predicted molar refractivity (Wildman–Crippen MR) is 115 cm³/mol. The van der Waals surface area contributed by atoms with Crippen molar-refractivity contribution in [2.45, 2.75) is 55.3 Å². The van der Waals surface area contributed by atoms with E-state index >= 15 is 0 Å². The molecule has 25 heavy (non-hydrogen) atoms. The van der Waals surface area contributed by atoms with E-state index in [2.05, 4.69) is 65.1 Å². The van der Waals surface area contributed by atoms with E-state index in [9.17, 15) is 0 Å². The molecule has 1 heteroatoms. The molecule has 0 nitrogen and oxygen atoms in total. The van der Waals surface area contributed by atoms with Crippen LogP contribution in [0.3, 0.4) is 0 Å². The Hall–Kier alpha value is -0.830. The van der Waals surface area contributed by atoms with Crippen molar-refractivity contribution < 1.29 is 0 Å². The molecule has 0 amide bonds. The molecule has 0 N–H and O–H groups in total. The van der Waals surface area contributed by atoms with Crippen LogP contribution in [0.25, 0.3) is 5.57 Å². The lowest BCUT2D eigenvalue weighted by Crippen LogP contribution is -2.27. The van der Waals surface area contributed by atoms with Crippen molar-refractivity contribution >= 4 is 28.2 Å². The van der Waals surface area contributed by atoms with Gasteiger partial charge in [0.05, 0.1) is 0 Å². The van der Waals surface area contributed by atoms with Crippen molar-refractivity contribution in [3.8, 4) is 0 Å². The van der Waals surface area contributed by atoms with Crippen LogP contribution in [0.4, 0.5) is 0 Å². The minimum atomic E-state index is 0.749. The fourth-order valence-electron chi connectivity index (χ4n) is 5.66. The molecular weight excluding hydrogens is 415 g/mol. The summed E-state index contributed by atoms with van der Waals surface area (Å²) in [5.41, 5.74) is 8.03. The quantitative estimate of drug-likeness (QED) is 0.328. The second-order valence-electron chi connectivity index (χ2n) is 8.48. The van der Waals surface area contributed by atoms with Gasteiger partial charge in [-0.3, -0.25) is 0 Å². The van der Waals surface area contributed by atoms with Gasteiger partial charge in [0.2, 0.25) is 0 Å². The summed E-state index contributed by atoms with van der Waals surface area (Å²) in [7, 11) is 0. The Morgan fingerprint density at radius 1 is 0.880 bits per heavy atom. The predicted octanol–water partition coefficient (Wildman–Crippen LogP) is 6.90. The Morgan fingerprint density at radius 2 is 1.80 bits per heavy atom. The van der Waals surface area contributed by atoms with Crippen LogP contribution in [0, 0.1) is 17.8 Å². The SMILES string of the molecule is IC1CC[C@H]2C=C(C3=CC=C4c5ccccc5CCC4C3)CCC2C1. The lowest BCUT2D eigenvalue weighted by atomic mass is 9.68. The first-order chi connectivity index (χ1) is 12.3. The Bertz CT molecular complexity index is 766. The second kappa shape index (κ2) is 6.72. The highest BCUT2D eigenvalue weighted by Crippen LogP contribution is 2.47. The van der Waals surface area contributed by atoms with Crippen LogP contribution in [-0.2, 0) is 6.42 Å². The molecule has 0 aliphatic heterocycles. The zero-order valence-corrected chi connectivity index (χ0v) is 17.0. The van der Waals surface area contributed by atoms with Gasteiger partial charge < -0.3 is 0 Å². The maximum Gasteiger partial charge on any atom is 0.0113 e. The van der Waals surface area contributed by atoms with Gasteiger partial charge in [-0.25, -0.2) is 0 Å². The third kappa shape index (κ3) is 3.07. The van der Waals surface area contributed by atoms with Crippen LogP contribution in [0.1, 0.15) is 56.1 Å². The van der Waals surface area contributed by atoms with E-state index in [0.717, 1.165) is 21.7 Å². The number of hydrogen-bond acceptors (Lipinski definition) is 0. The van der Waals surface area contributed by atoms with E-state index in [4.69, 9.17) is 0 Å². The normalized spacial score (nSPS) is 34.0. The summed E-state index contributed by atoms with van der Waals surface area (Å²) in [4.78, 5) is 0. The Balaban J connectivity index is 1.42. The van der Waals surface area contributed by atoms with E-state index in [-0.39, 0.29) is 0 Å². The maximum atomic E-state index is 2.69. The number of alkyl halides is 1. The Morgan fingerprint density at radius 3 is 2.76 bits per heavy atom. The van der Waals surface area contributed by atoms with Crippen molar-refractivity contribution in [1.29, 1.82) is 0 Å². The van der Waals surface area contributed by atoms with E-state index in [1.54, 1.807) is 22.3 Å². The number of fused-ring (bicyclic) bond motifs is 4. The van der Waals surface area contributed by atoms with Crippen LogP contribution >= 0.6 is 22.6 Å². The second-order valence-corrected chi connectivity index (χ2v) is 10.2. The van der Waals surface area contributed by atoms with Crippen molar-refractivity contribution in [1.82, 2.24) is 0 Å². The minimum Gasteiger partial charge on any atom is -0.0826 e. The smallest absolute Gasteiger partial charge is 0.0113 e. The molecule has 0 spiro atoms. The van der Waals surface area contributed by atoms with Crippen LogP contribution in [0.5, 0.6) is 0 Å². The summed E-state index contributed by atoms with van der Waals surface area (Å²) in [5, 5.41) is 0. The van der Waals surface area contributed by atoms with Gasteiger partial charge in [0.1, 0.15) is 0 Å². The molecule has 1 aromatic rings. The average Bonchev–Trinajstić information content (AvgIpc) is 2.67. The summed E-state index contributed by atoms with van der Waals surface area (Å²) >= 11 is 2.68. The van der Waals surface area contributed by atoms with Crippen molar-refractivity contribution in [2.24, 2.45) is 17.8 Å². The van der Waals surface area contributed by atoms with E-state index in [1.165, 1.54) is 56.9 Å². The highest BCUT2D eigenvalue weighted by atomic mass is 127. The molecule has 4 aliphatic carbocycles. The fraction of sp³-hybridized carbons (Fsp3) is 0.500. The molecule has 0 radical (unpaired) electrons. The zero-order chi connectivity index (χ0) is 16.8. The van der Waals surface area contributed by atoms with Crippen LogP contribution in [0.2, 0.25) is 0 Å². The molecule has 1 fully saturated rings. The third-order valence-corrected chi connectivity index (χ3v) is 8.18. The van der Waals surface area contributed by atoms with E-state index < -0.39 is 0 Å². The first-order valence-electron chi connectivity index (χ1n) is 10.1. The summed E-state index contributed by atoms with van der Waals surface area (Å²) in [5.74, 6) is 2.59. The number of hydrogen-bond donors (Lipinski definition) is 0. The summed E-state index contributed by atoms with van der Waals surface area (Å²) in [6.07, 6.45) is 18.5. The topological polar surface area (TPSA) is 0 Å². The van der Waals surface area contributed by atoms with Gasteiger partial charge in [0.15, 0.2) is 0 Å². The molecule has 0 saturated heterocycles. The lowest BCUT2D eigenvalue weighted by molar-refractivity contribution is 0.266. The van der Waals surface area contributed by atoms with Crippen LogP contribution in [0.15, 0.2) is 53.6 Å². The molecule has 0 bridgehead atoms. The molecule has 0 heterocycles. The van der Waals surface area contributed by atoms with Crippen LogP contribution < -0.4 is 0 Å². The fourth-order valence-corrected chi connectivity index (χ4v) is 6.67. The monoisotopic (exact) mass is 442 g/mol. The van der Waals surface area contributed by atoms with Crippen molar-refractivity contribution in [2.75, 3.05) is 0 Å². The first kappa shape index (κ1) is 16.4. The van der Waals surface area contributed by atoms with Crippen molar-refractivity contribution in [3.05, 3.63) is 64.8 Å². The largest absolute Gasteiger partial charge is 0.0826 e. The Labute approximate surface area is 165 Å². The van der Waals surface area contributed by atoms with Gasteiger partial charge in [-0.2, -0.15) is 0 Å².